The summed E-state index contributed by atoms with van der Waals surface area (Å²) in [7, 11) is 0. The number of nitrogens with one attached hydrogen (secondary N) is 1. The van der Waals surface area contributed by atoms with Gasteiger partial charge in [0.1, 0.15) is 5.57 Å². The van der Waals surface area contributed by atoms with Gasteiger partial charge in [-0.05, 0) is 66.3 Å². The molecule has 4 amide bonds. The van der Waals surface area contributed by atoms with Crippen molar-refractivity contribution in [2.75, 3.05) is 4.90 Å². The predicted molar refractivity (Wildman–Crippen MR) is 129 cm³/mol. The third-order valence-electron chi connectivity index (χ3n) is 6.19. The molecular formula is C27H27N3O3. The Hall–Kier alpha value is -3.93. The zero-order valence-corrected chi connectivity index (χ0v) is 19.0. The Kier molecular flexibility index (Phi) is 6.27. The molecule has 1 fully saturated rings. The molecule has 0 aliphatic carbocycles. The first-order valence-electron chi connectivity index (χ1n) is 11.1. The van der Waals surface area contributed by atoms with Gasteiger partial charge in [0.25, 0.3) is 11.8 Å². The van der Waals surface area contributed by atoms with E-state index in [0.717, 1.165) is 28.0 Å². The van der Waals surface area contributed by atoms with Crippen molar-refractivity contribution in [3.05, 3.63) is 94.8 Å². The minimum atomic E-state index is -0.742. The van der Waals surface area contributed by atoms with E-state index in [9.17, 15) is 14.4 Å². The number of carbonyl (C=O) groups is 3. The highest BCUT2D eigenvalue weighted by molar-refractivity contribution is 6.39. The number of aromatic nitrogens is 1. The first-order valence-corrected chi connectivity index (χ1v) is 11.1. The maximum absolute atomic E-state index is 13.2. The van der Waals surface area contributed by atoms with Gasteiger partial charge in [-0.1, -0.05) is 50.2 Å². The summed E-state index contributed by atoms with van der Waals surface area (Å²) >= 11 is 0. The number of rotatable bonds is 6. The highest BCUT2D eigenvalue weighted by atomic mass is 16.2. The van der Waals surface area contributed by atoms with Crippen LogP contribution < -0.4 is 10.2 Å². The van der Waals surface area contributed by atoms with Crippen LogP contribution in [-0.2, 0) is 16.1 Å². The second-order valence-corrected chi connectivity index (χ2v) is 8.35. The summed E-state index contributed by atoms with van der Waals surface area (Å²) in [6.07, 6.45) is 4.44. The number of benzene rings is 2. The number of anilines is 1. The van der Waals surface area contributed by atoms with Gasteiger partial charge in [-0.25, -0.2) is 9.69 Å². The van der Waals surface area contributed by atoms with Gasteiger partial charge < -0.3 is 4.57 Å². The molecule has 1 N–H and O–H groups in total. The van der Waals surface area contributed by atoms with E-state index in [-0.39, 0.29) is 5.57 Å². The van der Waals surface area contributed by atoms with Gasteiger partial charge in [0, 0.05) is 18.4 Å². The van der Waals surface area contributed by atoms with E-state index in [1.807, 2.05) is 66.2 Å². The molecule has 168 valence electrons. The van der Waals surface area contributed by atoms with Gasteiger partial charge in [0.15, 0.2) is 0 Å². The molecule has 1 aromatic heterocycles. The molecule has 1 aliphatic heterocycles. The minimum absolute atomic E-state index is 0.0784. The van der Waals surface area contributed by atoms with Gasteiger partial charge in [0.05, 0.1) is 5.69 Å². The monoisotopic (exact) mass is 441 g/mol. The molecule has 4 rings (SSSR count). The molecule has 0 spiro atoms. The number of imide groups is 2. The van der Waals surface area contributed by atoms with Crippen LogP contribution in [0.5, 0.6) is 0 Å². The molecule has 2 heterocycles. The maximum Gasteiger partial charge on any atom is 0.335 e. The Bertz CT molecular complexity index is 1240. The predicted octanol–water partition coefficient (Wildman–Crippen LogP) is 5.02. The lowest BCUT2D eigenvalue weighted by Crippen LogP contribution is -2.54. The fourth-order valence-corrected chi connectivity index (χ4v) is 3.90. The second kappa shape index (κ2) is 9.28. The van der Waals surface area contributed by atoms with Gasteiger partial charge in [-0.2, -0.15) is 0 Å². The standard InChI is InChI=1S/C27H27N3O3/c1-4-18(2)20-11-13-22(14-12-20)30-26(32)24(25(31)28-27(30)33)16-23-10-7-15-29(23)17-21-9-6-5-8-19(21)3/h5-16,18H,4,17H2,1-3H3,(H,28,31,33). The fraction of sp³-hybridized carbons (Fsp3) is 0.222. The third-order valence-corrected chi connectivity index (χ3v) is 6.19. The highest BCUT2D eigenvalue weighted by Crippen LogP contribution is 2.26. The number of urea groups is 1. The van der Waals surface area contributed by atoms with Crippen LogP contribution in [0, 0.1) is 6.92 Å². The number of aryl methyl sites for hydroxylation is 1. The number of hydrogen-bond acceptors (Lipinski definition) is 3. The van der Waals surface area contributed by atoms with E-state index < -0.39 is 17.8 Å². The lowest BCUT2D eigenvalue weighted by atomic mass is 9.98. The Morgan fingerprint density at radius 1 is 0.970 bits per heavy atom. The molecule has 2 aromatic carbocycles. The van der Waals surface area contributed by atoms with Crippen LogP contribution in [0.25, 0.3) is 6.08 Å². The molecular weight excluding hydrogens is 414 g/mol. The van der Waals surface area contributed by atoms with Crippen LogP contribution in [0.15, 0.2) is 72.4 Å². The van der Waals surface area contributed by atoms with E-state index in [1.54, 1.807) is 18.2 Å². The molecule has 0 radical (unpaired) electrons. The van der Waals surface area contributed by atoms with Crippen LogP contribution in [0.1, 0.15) is 48.6 Å². The van der Waals surface area contributed by atoms with Gasteiger partial charge >= 0.3 is 6.03 Å². The summed E-state index contributed by atoms with van der Waals surface area (Å²) in [6.45, 7) is 6.89. The van der Waals surface area contributed by atoms with Crippen molar-refractivity contribution in [3.8, 4) is 0 Å². The molecule has 6 heteroatoms. The quantitative estimate of drug-likeness (QED) is 0.431. The van der Waals surface area contributed by atoms with Crippen LogP contribution in [0.3, 0.4) is 0 Å². The number of nitrogens with zero attached hydrogens (tertiary/aromatic N) is 2. The molecule has 1 unspecified atom stereocenters. The zero-order valence-electron chi connectivity index (χ0n) is 19.0. The van der Waals surface area contributed by atoms with Crippen molar-refractivity contribution in [2.24, 2.45) is 0 Å². The van der Waals surface area contributed by atoms with Gasteiger partial charge in [-0.15, -0.1) is 0 Å². The van der Waals surface area contributed by atoms with Crippen molar-refractivity contribution in [3.63, 3.8) is 0 Å². The van der Waals surface area contributed by atoms with Crippen molar-refractivity contribution in [1.29, 1.82) is 0 Å². The molecule has 6 nitrogen and oxygen atoms in total. The number of barbiturate groups is 1. The van der Waals surface area contributed by atoms with Crippen molar-refractivity contribution >= 4 is 29.6 Å². The van der Waals surface area contributed by atoms with Crippen molar-refractivity contribution < 1.29 is 14.4 Å². The number of amides is 4. The molecule has 33 heavy (non-hydrogen) atoms. The Labute approximate surface area is 193 Å². The van der Waals surface area contributed by atoms with Crippen LogP contribution >= 0.6 is 0 Å². The average Bonchev–Trinajstić information content (AvgIpc) is 3.24. The molecule has 0 saturated carbocycles. The summed E-state index contributed by atoms with van der Waals surface area (Å²) in [5.41, 5.74) is 4.49. The molecule has 1 aliphatic rings. The maximum atomic E-state index is 13.2. The number of hydrogen-bond donors (Lipinski definition) is 1. The Balaban J connectivity index is 1.64. The second-order valence-electron chi connectivity index (χ2n) is 8.35. The molecule has 1 atom stereocenters. The smallest absolute Gasteiger partial charge is 0.335 e. The fourth-order valence-electron chi connectivity index (χ4n) is 3.90. The van der Waals surface area contributed by atoms with Crippen molar-refractivity contribution in [2.45, 2.75) is 39.7 Å². The summed E-state index contributed by atoms with van der Waals surface area (Å²) in [5.74, 6) is -0.951. The van der Waals surface area contributed by atoms with E-state index in [2.05, 4.69) is 19.2 Å². The first kappa shape index (κ1) is 22.3. The minimum Gasteiger partial charge on any atom is -0.344 e. The normalized spacial score (nSPS) is 16.3. The lowest BCUT2D eigenvalue weighted by Gasteiger charge is -2.26. The SMILES string of the molecule is CCC(C)c1ccc(N2C(=O)NC(=O)C(=Cc3cccn3Cc3ccccc3C)C2=O)cc1. The van der Waals surface area contributed by atoms with E-state index in [4.69, 9.17) is 0 Å². The summed E-state index contributed by atoms with van der Waals surface area (Å²) in [5, 5.41) is 2.30. The van der Waals surface area contributed by atoms with Crippen LogP contribution in [0.2, 0.25) is 0 Å². The van der Waals surface area contributed by atoms with Crippen LogP contribution in [-0.4, -0.2) is 22.4 Å². The zero-order chi connectivity index (χ0) is 23.5. The molecule has 0 bridgehead atoms. The summed E-state index contributed by atoms with van der Waals surface area (Å²) in [6, 6.07) is 18.4. The average molecular weight is 442 g/mol. The van der Waals surface area contributed by atoms with E-state index >= 15 is 0 Å². The van der Waals surface area contributed by atoms with Gasteiger partial charge in [0.2, 0.25) is 0 Å². The van der Waals surface area contributed by atoms with Crippen molar-refractivity contribution in [1.82, 2.24) is 9.88 Å². The third kappa shape index (κ3) is 4.51. The summed E-state index contributed by atoms with van der Waals surface area (Å²) in [4.78, 5) is 39.3. The van der Waals surface area contributed by atoms with E-state index in [1.165, 1.54) is 0 Å². The van der Waals surface area contributed by atoms with Gasteiger partial charge in [-0.3, -0.25) is 14.9 Å². The Morgan fingerprint density at radius 3 is 2.39 bits per heavy atom. The topological polar surface area (TPSA) is 71.4 Å². The largest absolute Gasteiger partial charge is 0.344 e. The highest BCUT2D eigenvalue weighted by Gasteiger charge is 2.37. The first-order chi connectivity index (χ1) is 15.9. The van der Waals surface area contributed by atoms with Crippen LogP contribution in [0.4, 0.5) is 10.5 Å². The summed E-state index contributed by atoms with van der Waals surface area (Å²) < 4.78 is 1.97. The molecule has 3 aromatic rings. The lowest BCUT2D eigenvalue weighted by molar-refractivity contribution is -0.122. The molecule has 1 saturated heterocycles. The Morgan fingerprint density at radius 2 is 1.70 bits per heavy atom. The van der Waals surface area contributed by atoms with E-state index in [0.29, 0.717) is 23.8 Å². The number of carbonyl (C=O) groups excluding carboxylic acids is 3.